The van der Waals surface area contributed by atoms with Crippen LogP contribution >= 0.6 is 0 Å². The number of benzene rings is 1. The number of hydrogen-bond donors (Lipinski definition) is 2. The van der Waals surface area contributed by atoms with Gasteiger partial charge in [-0.15, -0.1) is 0 Å². The molecule has 0 saturated carbocycles. The van der Waals surface area contributed by atoms with Crippen molar-refractivity contribution in [2.75, 3.05) is 12.4 Å². The monoisotopic (exact) mass is 237 g/mol. The molecule has 0 bridgehead atoms. The highest BCUT2D eigenvalue weighted by atomic mass is 16.5. The maximum Gasteiger partial charge on any atom is 0.227 e. The van der Waals surface area contributed by atoms with Crippen molar-refractivity contribution in [1.29, 1.82) is 0 Å². The Bertz CT molecular complexity index is 388. The van der Waals surface area contributed by atoms with Gasteiger partial charge >= 0.3 is 0 Å². The molecule has 1 amide bonds. The summed E-state index contributed by atoms with van der Waals surface area (Å²) in [5.74, 6) is -0.127. The number of carbonyl (C=O) groups excluding carboxylic acids is 1. The van der Waals surface area contributed by atoms with Crippen LogP contribution in [-0.4, -0.2) is 23.7 Å². The van der Waals surface area contributed by atoms with Gasteiger partial charge in [0.25, 0.3) is 0 Å². The molecule has 0 aliphatic heterocycles. The maximum atomic E-state index is 11.8. The van der Waals surface area contributed by atoms with Gasteiger partial charge in [0.2, 0.25) is 5.91 Å². The predicted octanol–water partition coefficient (Wildman–Crippen LogP) is 1.93. The average molecular weight is 237 g/mol. The van der Waals surface area contributed by atoms with Crippen LogP contribution < -0.4 is 5.32 Å². The van der Waals surface area contributed by atoms with Crippen LogP contribution in [0.2, 0.25) is 0 Å². The molecule has 94 valence electrons. The third kappa shape index (κ3) is 4.17. The van der Waals surface area contributed by atoms with Crippen molar-refractivity contribution in [1.82, 2.24) is 0 Å². The van der Waals surface area contributed by atoms with Gasteiger partial charge < -0.3 is 15.2 Å². The summed E-state index contributed by atoms with van der Waals surface area (Å²) in [6.07, 6.45) is 0.267. The molecule has 4 heteroatoms. The third-order valence-electron chi connectivity index (χ3n) is 2.60. The van der Waals surface area contributed by atoms with Crippen LogP contribution in [0.25, 0.3) is 0 Å². The molecular formula is C13H19NO3. The fourth-order valence-corrected chi connectivity index (χ4v) is 1.43. The number of amides is 1. The molecule has 1 aromatic carbocycles. The lowest BCUT2D eigenvalue weighted by atomic mass is 10.0. The van der Waals surface area contributed by atoms with Crippen LogP contribution in [0.1, 0.15) is 25.8 Å². The molecule has 0 spiro atoms. The van der Waals surface area contributed by atoms with E-state index in [0.717, 1.165) is 0 Å². The standard InChI is InChI=1S/C13H19NO3/c1-13(2,17-3)8-12(16)14-11-7-5-4-6-10(11)9-15/h4-7,15H,8-9H2,1-3H3,(H,14,16). The number of carbonyl (C=O) groups is 1. The van der Waals surface area contributed by atoms with E-state index in [-0.39, 0.29) is 18.9 Å². The summed E-state index contributed by atoms with van der Waals surface area (Å²) in [6.45, 7) is 3.61. The van der Waals surface area contributed by atoms with Crippen molar-refractivity contribution in [2.45, 2.75) is 32.5 Å². The fraction of sp³-hybridized carbons (Fsp3) is 0.462. The van der Waals surface area contributed by atoms with Crippen LogP contribution in [0, 0.1) is 0 Å². The lowest BCUT2D eigenvalue weighted by Gasteiger charge is -2.22. The summed E-state index contributed by atoms with van der Waals surface area (Å²) in [6, 6.07) is 7.18. The van der Waals surface area contributed by atoms with Gasteiger partial charge in [-0.2, -0.15) is 0 Å². The number of aliphatic hydroxyl groups is 1. The van der Waals surface area contributed by atoms with E-state index in [1.807, 2.05) is 26.0 Å². The number of para-hydroxylation sites is 1. The normalized spacial score (nSPS) is 11.3. The van der Waals surface area contributed by atoms with Crippen molar-refractivity contribution in [3.8, 4) is 0 Å². The second-order valence-corrected chi connectivity index (χ2v) is 4.50. The maximum absolute atomic E-state index is 11.8. The zero-order valence-electron chi connectivity index (χ0n) is 10.5. The number of methoxy groups -OCH3 is 1. The van der Waals surface area contributed by atoms with Gasteiger partial charge in [-0.1, -0.05) is 18.2 Å². The van der Waals surface area contributed by atoms with Crippen LogP contribution in [0.4, 0.5) is 5.69 Å². The SMILES string of the molecule is COC(C)(C)CC(=O)Nc1ccccc1CO. The number of aliphatic hydroxyl groups excluding tert-OH is 1. The average Bonchev–Trinajstić information content (AvgIpc) is 2.29. The highest BCUT2D eigenvalue weighted by molar-refractivity contribution is 5.92. The van der Waals surface area contributed by atoms with Gasteiger partial charge in [0.05, 0.1) is 18.6 Å². The molecule has 0 unspecified atom stereocenters. The van der Waals surface area contributed by atoms with Crippen LogP contribution in [-0.2, 0) is 16.1 Å². The molecule has 1 rings (SSSR count). The topological polar surface area (TPSA) is 58.6 Å². The minimum atomic E-state index is -0.488. The highest BCUT2D eigenvalue weighted by Crippen LogP contribution is 2.18. The number of nitrogens with one attached hydrogen (secondary N) is 1. The molecule has 0 radical (unpaired) electrons. The second kappa shape index (κ2) is 5.80. The highest BCUT2D eigenvalue weighted by Gasteiger charge is 2.21. The number of anilines is 1. The van der Waals surface area contributed by atoms with E-state index >= 15 is 0 Å². The summed E-state index contributed by atoms with van der Waals surface area (Å²) in [7, 11) is 1.58. The molecule has 2 N–H and O–H groups in total. The Morgan fingerprint density at radius 1 is 1.41 bits per heavy atom. The van der Waals surface area contributed by atoms with Gasteiger partial charge in [0.1, 0.15) is 0 Å². The van der Waals surface area contributed by atoms with Crippen LogP contribution in [0.3, 0.4) is 0 Å². The first-order valence-electron chi connectivity index (χ1n) is 5.52. The molecule has 1 aromatic rings. The van der Waals surface area contributed by atoms with Gasteiger partial charge in [0, 0.05) is 18.4 Å². The summed E-state index contributed by atoms with van der Waals surface area (Å²) in [5.41, 5.74) is 0.862. The van der Waals surface area contributed by atoms with Gasteiger partial charge in [-0.25, -0.2) is 0 Å². The summed E-state index contributed by atoms with van der Waals surface area (Å²) < 4.78 is 5.19. The Morgan fingerprint density at radius 2 is 2.06 bits per heavy atom. The molecule has 0 aliphatic rings. The van der Waals surface area contributed by atoms with E-state index in [2.05, 4.69) is 5.32 Å². The number of ether oxygens (including phenoxy) is 1. The first-order chi connectivity index (χ1) is 7.98. The molecule has 4 nitrogen and oxygen atoms in total. The van der Waals surface area contributed by atoms with Crippen molar-refractivity contribution < 1.29 is 14.6 Å². The zero-order valence-corrected chi connectivity index (χ0v) is 10.5. The van der Waals surface area contributed by atoms with Crippen molar-refractivity contribution >= 4 is 11.6 Å². The lowest BCUT2D eigenvalue weighted by Crippen LogP contribution is -2.29. The predicted molar refractivity (Wildman–Crippen MR) is 66.7 cm³/mol. The van der Waals surface area contributed by atoms with Crippen molar-refractivity contribution in [3.63, 3.8) is 0 Å². The van der Waals surface area contributed by atoms with Crippen LogP contribution in [0.15, 0.2) is 24.3 Å². The van der Waals surface area contributed by atoms with Crippen LogP contribution in [0.5, 0.6) is 0 Å². The summed E-state index contributed by atoms with van der Waals surface area (Å²) >= 11 is 0. The minimum absolute atomic E-state index is 0.0931. The Labute approximate surface area is 102 Å². The Kier molecular flexibility index (Phi) is 4.66. The second-order valence-electron chi connectivity index (χ2n) is 4.50. The van der Waals surface area contributed by atoms with Crippen molar-refractivity contribution in [2.24, 2.45) is 0 Å². The fourth-order valence-electron chi connectivity index (χ4n) is 1.43. The lowest BCUT2D eigenvalue weighted by molar-refractivity contribution is -0.121. The summed E-state index contributed by atoms with van der Waals surface area (Å²) in [4.78, 5) is 11.8. The molecule has 0 heterocycles. The molecule has 0 aliphatic carbocycles. The number of rotatable bonds is 5. The zero-order chi connectivity index (χ0) is 12.9. The van der Waals surface area contributed by atoms with E-state index in [1.54, 1.807) is 19.2 Å². The van der Waals surface area contributed by atoms with E-state index < -0.39 is 5.60 Å². The molecule has 0 aromatic heterocycles. The third-order valence-corrected chi connectivity index (χ3v) is 2.60. The van der Waals surface area contributed by atoms with Gasteiger partial charge in [-0.3, -0.25) is 4.79 Å². The molecule has 0 saturated heterocycles. The molecule has 0 fully saturated rings. The van der Waals surface area contributed by atoms with Crippen molar-refractivity contribution in [3.05, 3.63) is 29.8 Å². The quantitative estimate of drug-likeness (QED) is 0.822. The van der Waals surface area contributed by atoms with E-state index in [0.29, 0.717) is 11.3 Å². The molecule has 17 heavy (non-hydrogen) atoms. The Balaban J connectivity index is 2.68. The summed E-state index contributed by atoms with van der Waals surface area (Å²) in [5, 5.41) is 11.9. The van der Waals surface area contributed by atoms with Gasteiger partial charge in [-0.05, 0) is 19.9 Å². The molecule has 0 atom stereocenters. The minimum Gasteiger partial charge on any atom is -0.392 e. The van der Waals surface area contributed by atoms with E-state index in [9.17, 15) is 4.79 Å². The first-order valence-corrected chi connectivity index (χ1v) is 5.52. The van der Waals surface area contributed by atoms with Gasteiger partial charge in [0.15, 0.2) is 0 Å². The number of hydrogen-bond acceptors (Lipinski definition) is 3. The first kappa shape index (κ1) is 13.7. The Hall–Kier alpha value is -1.39. The largest absolute Gasteiger partial charge is 0.392 e. The van der Waals surface area contributed by atoms with E-state index in [1.165, 1.54) is 0 Å². The smallest absolute Gasteiger partial charge is 0.227 e. The Morgan fingerprint density at radius 3 is 2.65 bits per heavy atom. The molecular weight excluding hydrogens is 218 g/mol. The van der Waals surface area contributed by atoms with E-state index in [4.69, 9.17) is 9.84 Å².